The Bertz CT molecular complexity index is 1070. The van der Waals surface area contributed by atoms with Crippen molar-refractivity contribution in [1.29, 1.82) is 0 Å². The summed E-state index contributed by atoms with van der Waals surface area (Å²) in [6.45, 7) is 6.53. The molecule has 0 spiro atoms. The van der Waals surface area contributed by atoms with Crippen LogP contribution in [0.15, 0.2) is 53.7 Å². The fourth-order valence-corrected chi connectivity index (χ4v) is 4.06. The lowest BCUT2D eigenvalue weighted by Crippen LogP contribution is -2.28. The maximum absolute atomic E-state index is 12.5. The quantitative estimate of drug-likeness (QED) is 0.440. The Kier molecular flexibility index (Phi) is 8.30. The zero-order valence-corrected chi connectivity index (χ0v) is 19.8. The normalized spacial score (nSPS) is 11.8. The van der Waals surface area contributed by atoms with Crippen LogP contribution in [0.5, 0.6) is 0 Å². The van der Waals surface area contributed by atoms with Crippen molar-refractivity contribution < 1.29 is 9.59 Å². The molecule has 2 amide bonds. The standard InChI is InChI=1S/C23H26ClN5O2S/c1-4-16-6-12-19(13-7-16)26-20(30)14-32-23-28-27-21(29(23)5-2)15(3)25-22(31)17-8-10-18(24)11-9-17/h6-13,15H,4-5,14H2,1-3H3,(H,25,31)(H,26,30)/t15-/m0/s1. The number of hydrogen-bond acceptors (Lipinski definition) is 5. The van der Waals surface area contributed by atoms with Gasteiger partial charge in [0.2, 0.25) is 5.91 Å². The average molecular weight is 472 g/mol. The highest BCUT2D eigenvalue weighted by Gasteiger charge is 2.20. The summed E-state index contributed by atoms with van der Waals surface area (Å²) in [5, 5.41) is 15.5. The Morgan fingerprint density at radius 2 is 1.75 bits per heavy atom. The van der Waals surface area contributed by atoms with Crippen molar-refractivity contribution in [3.05, 3.63) is 70.5 Å². The number of nitrogens with one attached hydrogen (secondary N) is 2. The number of aryl methyl sites for hydroxylation is 1. The van der Waals surface area contributed by atoms with E-state index in [-0.39, 0.29) is 23.6 Å². The number of aromatic nitrogens is 3. The molecule has 0 fully saturated rings. The molecule has 3 aromatic rings. The van der Waals surface area contributed by atoms with E-state index in [9.17, 15) is 9.59 Å². The second kappa shape index (κ2) is 11.2. The van der Waals surface area contributed by atoms with Gasteiger partial charge in [0, 0.05) is 22.8 Å². The van der Waals surface area contributed by atoms with E-state index in [1.54, 1.807) is 24.3 Å². The first-order valence-electron chi connectivity index (χ1n) is 10.4. The molecule has 0 radical (unpaired) electrons. The van der Waals surface area contributed by atoms with Gasteiger partial charge in [-0.25, -0.2) is 0 Å². The zero-order valence-electron chi connectivity index (χ0n) is 18.3. The molecule has 1 heterocycles. The maximum Gasteiger partial charge on any atom is 0.251 e. The van der Waals surface area contributed by atoms with E-state index in [1.165, 1.54) is 17.3 Å². The SMILES string of the molecule is CCc1ccc(NC(=O)CSc2nnc([C@H](C)NC(=O)c3ccc(Cl)cc3)n2CC)cc1. The van der Waals surface area contributed by atoms with Gasteiger partial charge in [-0.2, -0.15) is 0 Å². The molecule has 2 N–H and O–H groups in total. The molecular formula is C23H26ClN5O2S. The highest BCUT2D eigenvalue weighted by atomic mass is 35.5. The number of hydrogen-bond donors (Lipinski definition) is 2. The molecule has 0 saturated heterocycles. The van der Waals surface area contributed by atoms with Crippen molar-refractivity contribution in [2.45, 2.75) is 44.9 Å². The number of benzene rings is 2. The fourth-order valence-electron chi connectivity index (χ4n) is 3.12. The van der Waals surface area contributed by atoms with Crippen LogP contribution in [0.2, 0.25) is 5.02 Å². The van der Waals surface area contributed by atoms with Gasteiger partial charge in [-0.1, -0.05) is 42.4 Å². The maximum atomic E-state index is 12.5. The van der Waals surface area contributed by atoms with Crippen LogP contribution in [0.25, 0.3) is 0 Å². The Morgan fingerprint density at radius 3 is 2.38 bits per heavy atom. The second-order valence-electron chi connectivity index (χ2n) is 7.17. The molecular weight excluding hydrogens is 446 g/mol. The van der Waals surface area contributed by atoms with Crippen molar-refractivity contribution in [2.24, 2.45) is 0 Å². The molecule has 168 valence electrons. The highest BCUT2D eigenvalue weighted by molar-refractivity contribution is 7.99. The molecule has 3 rings (SSSR count). The van der Waals surface area contributed by atoms with Gasteiger partial charge in [0.1, 0.15) is 0 Å². The second-order valence-corrected chi connectivity index (χ2v) is 8.55. The number of carbonyl (C=O) groups excluding carboxylic acids is 2. The molecule has 1 aromatic heterocycles. The van der Waals surface area contributed by atoms with Crippen molar-refractivity contribution in [1.82, 2.24) is 20.1 Å². The van der Waals surface area contributed by atoms with E-state index < -0.39 is 0 Å². The third kappa shape index (κ3) is 6.11. The molecule has 9 heteroatoms. The third-order valence-electron chi connectivity index (χ3n) is 4.88. The monoisotopic (exact) mass is 471 g/mol. The third-order valence-corrected chi connectivity index (χ3v) is 6.10. The van der Waals surface area contributed by atoms with Crippen LogP contribution in [0.3, 0.4) is 0 Å². The van der Waals surface area contributed by atoms with Gasteiger partial charge in [-0.05, 0) is 62.2 Å². The molecule has 0 bridgehead atoms. The van der Waals surface area contributed by atoms with Gasteiger partial charge in [-0.3, -0.25) is 9.59 Å². The molecule has 0 saturated carbocycles. The predicted octanol–water partition coefficient (Wildman–Crippen LogP) is 4.74. The van der Waals surface area contributed by atoms with Gasteiger partial charge in [0.15, 0.2) is 11.0 Å². The molecule has 7 nitrogen and oxygen atoms in total. The minimum Gasteiger partial charge on any atom is -0.342 e. The first-order valence-corrected chi connectivity index (χ1v) is 11.8. The Morgan fingerprint density at radius 1 is 1.06 bits per heavy atom. The molecule has 0 unspecified atom stereocenters. The van der Waals surface area contributed by atoms with E-state index in [0.717, 1.165) is 12.1 Å². The van der Waals surface area contributed by atoms with Gasteiger partial charge in [-0.15, -0.1) is 10.2 Å². The number of halogens is 1. The summed E-state index contributed by atoms with van der Waals surface area (Å²) in [6, 6.07) is 14.1. The summed E-state index contributed by atoms with van der Waals surface area (Å²) in [5.74, 6) is 0.505. The minimum atomic E-state index is -0.356. The first-order chi connectivity index (χ1) is 15.4. The van der Waals surface area contributed by atoms with Gasteiger partial charge < -0.3 is 15.2 Å². The van der Waals surface area contributed by atoms with Crippen LogP contribution >= 0.6 is 23.4 Å². The summed E-state index contributed by atoms with van der Waals surface area (Å²) < 4.78 is 1.90. The summed E-state index contributed by atoms with van der Waals surface area (Å²) in [7, 11) is 0. The molecule has 32 heavy (non-hydrogen) atoms. The average Bonchev–Trinajstić information content (AvgIpc) is 3.21. The van der Waals surface area contributed by atoms with E-state index >= 15 is 0 Å². The van der Waals surface area contributed by atoms with Crippen molar-refractivity contribution in [3.8, 4) is 0 Å². The van der Waals surface area contributed by atoms with E-state index in [1.807, 2.05) is 42.7 Å². The number of anilines is 1. The van der Waals surface area contributed by atoms with Crippen LogP contribution in [-0.2, 0) is 17.8 Å². The minimum absolute atomic E-state index is 0.115. The summed E-state index contributed by atoms with van der Waals surface area (Å²) in [6.07, 6.45) is 0.956. The Balaban J connectivity index is 1.60. The lowest BCUT2D eigenvalue weighted by Gasteiger charge is -2.15. The largest absolute Gasteiger partial charge is 0.342 e. The van der Waals surface area contributed by atoms with E-state index in [4.69, 9.17) is 11.6 Å². The predicted molar refractivity (Wildman–Crippen MR) is 128 cm³/mol. The van der Waals surface area contributed by atoms with Crippen molar-refractivity contribution >= 4 is 40.9 Å². The molecule has 1 atom stereocenters. The van der Waals surface area contributed by atoms with Gasteiger partial charge in [0.25, 0.3) is 5.91 Å². The Hall–Kier alpha value is -2.84. The molecule has 0 aliphatic heterocycles. The number of amides is 2. The van der Waals surface area contributed by atoms with Crippen molar-refractivity contribution in [3.63, 3.8) is 0 Å². The van der Waals surface area contributed by atoms with E-state index in [0.29, 0.717) is 28.1 Å². The first kappa shape index (κ1) is 23.8. The molecule has 0 aliphatic rings. The number of nitrogens with zero attached hydrogens (tertiary/aromatic N) is 3. The Labute approximate surface area is 197 Å². The molecule has 0 aliphatic carbocycles. The smallest absolute Gasteiger partial charge is 0.251 e. The zero-order chi connectivity index (χ0) is 23.1. The van der Waals surface area contributed by atoms with Crippen LogP contribution in [0, 0.1) is 0 Å². The van der Waals surface area contributed by atoms with Gasteiger partial charge >= 0.3 is 0 Å². The fraction of sp³-hybridized carbons (Fsp3) is 0.304. The van der Waals surface area contributed by atoms with Gasteiger partial charge in [0.05, 0.1) is 11.8 Å². The van der Waals surface area contributed by atoms with Crippen LogP contribution in [0.1, 0.15) is 48.6 Å². The number of carbonyl (C=O) groups is 2. The summed E-state index contributed by atoms with van der Waals surface area (Å²) in [4.78, 5) is 24.9. The highest BCUT2D eigenvalue weighted by Crippen LogP contribution is 2.21. The molecule has 2 aromatic carbocycles. The van der Waals surface area contributed by atoms with Crippen LogP contribution in [-0.4, -0.2) is 32.3 Å². The summed E-state index contributed by atoms with van der Waals surface area (Å²) in [5.41, 5.74) is 2.50. The lowest BCUT2D eigenvalue weighted by atomic mass is 10.1. The van der Waals surface area contributed by atoms with E-state index in [2.05, 4.69) is 27.8 Å². The lowest BCUT2D eigenvalue weighted by molar-refractivity contribution is -0.113. The van der Waals surface area contributed by atoms with Crippen LogP contribution in [0.4, 0.5) is 5.69 Å². The topological polar surface area (TPSA) is 88.9 Å². The van der Waals surface area contributed by atoms with Crippen molar-refractivity contribution in [2.75, 3.05) is 11.1 Å². The number of thioether (sulfide) groups is 1. The van der Waals surface area contributed by atoms with Crippen LogP contribution < -0.4 is 10.6 Å². The summed E-state index contributed by atoms with van der Waals surface area (Å²) >= 11 is 7.20. The number of rotatable bonds is 9.